The van der Waals surface area contributed by atoms with Crippen LogP contribution in [-0.2, 0) is 6.42 Å². The van der Waals surface area contributed by atoms with Crippen LogP contribution in [-0.4, -0.2) is 8.75 Å². The molecule has 2 rings (SSSR count). The lowest BCUT2D eigenvalue weighted by Crippen LogP contribution is -1.89. The molecule has 0 aliphatic carbocycles. The quantitative estimate of drug-likeness (QED) is 0.679. The zero-order valence-electron chi connectivity index (χ0n) is 6.74. The van der Waals surface area contributed by atoms with Crippen molar-refractivity contribution in [3.63, 3.8) is 0 Å². The van der Waals surface area contributed by atoms with Crippen molar-refractivity contribution in [2.75, 3.05) is 5.73 Å². The first-order valence-electron chi connectivity index (χ1n) is 3.82. The minimum Gasteiger partial charge on any atom is -0.397 e. The van der Waals surface area contributed by atoms with Gasteiger partial charge in [-0.3, -0.25) is 0 Å². The Hall–Kier alpha value is -1.16. The number of fused-ring (bicyclic) bond motifs is 1. The number of nitrogens with two attached hydrogens (primary N) is 1. The highest BCUT2D eigenvalue weighted by Crippen LogP contribution is 2.22. The van der Waals surface area contributed by atoms with Crippen LogP contribution in [0.25, 0.3) is 11.0 Å². The number of aromatic nitrogens is 2. The van der Waals surface area contributed by atoms with Crippen molar-refractivity contribution in [1.82, 2.24) is 8.75 Å². The van der Waals surface area contributed by atoms with Crippen LogP contribution in [0, 0.1) is 0 Å². The van der Waals surface area contributed by atoms with Crippen LogP contribution in [0.4, 0.5) is 5.69 Å². The number of hydrogen-bond donors (Lipinski definition) is 1. The van der Waals surface area contributed by atoms with Gasteiger partial charge in [0.1, 0.15) is 11.0 Å². The SMILES string of the molecule is CCc1ccc(N)c2nsnc12. The molecule has 2 N–H and O–H groups in total. The van der Waals surface area contributed by atoms with Crippen molar-refractivity contribution in [3.8, 4) is 0 Å². The highest BCUT2D eigenvalue weighted by Gasteiger charge is 2.05. The van der Waals surface area contributed by atoms with Gasteiger partial charge in [-0.1, -0.05) is 13.0 Å². The first-order chi connectivity index (χ1) is 5.83. The van der Waals surface area contributed by atoms with Gasteiger partial charge in [0.25, 0.3) is 0 Å². The van der Waals surface area contributed by atoms with Crippen molar-refractivity contribution >= 4 is 28.4 Å². The van der Waals surface area contributed by atoms with Gasteiger partial charge in [0.05, 0.1) is 17.4 Å². The van der Waals surface area contributed by atoms with Crippen LogP contribution < -0.4 is 5.73 Å². The fraction of sp³-hybridized carbons (Fsp3) is 0.250. The van der Waals surface area contributed by atoms with Gasteiger partial charge in [-0.2, -0.15) is 8.75 Å². The zero-order valence-corrected chi connectivity index (χ0v) is 7.56. The summed E-state index contributed by atoms with van der Waals surface area (Å²) in [4.78, 5) is 0. The minimum atomic E-state index is 0.718. The summed E-state index contributed by atoms with van der Waals surface area (Å²) >= 11 is 1.22. The molecular formula is C8H9N3S. The molecule has 2 aromatic rings. The molecule has 4 heteroatoms. The maximum absolute atomic E-state index is 5.73. The molecular weight excluding hydrogens is 170 g/mol. The fourth-order valence-corrected chi connectivity index (χ4v) is 1.82. The van der Waals surface area contributed by atoms with Gasteiger partial charge in [-0.05, 0) is 18.1 Å². The molecule has 0 unspecified atom stereocenters. The van der Waals surface area contributed by atoms with E-state index in [1.807, 2.05) is 12.1 Å². The third-order valence-electron chi connectivity index (χ3n) is 1.91. The average Bonchev–Trinajstić information content (AvgIpc) is 2.54. The molecule has 0 amide bonds. The Morgan fingerprint density at radius 2 is 2.08 bits per heavy atom. The van der Waals surface area contributed by atoms with Gasteiger partial charge < -0.3 is 5.73 Å². The first kappa shape index (κ1) is 7.49. The Kier molecular flexibility index (Phi) is 1.69. The van der Waals surface area contributed by atoms with E-state index in [1.54, 1.807) is 0 Å². The summed E-state index contributed by atoms with van der Waals surface area (Å²) in [5, 5.41) is 0. The van der Waals surface area contributed by atoms with E-state index in [0.717, 1.165) is 23.1 Å². The fourth-order valence-electron chi connectivity index (χ4n) is 1.22. The van der Waals surface area contributed by atoms with Gasteiger partial charge in [-0.25, -0.2) is 0 Å². The summed E-state index contributed by atoms with van der Waals surface area (Å²) in [5.41, 5.74) is 9.47. The molecule has 1 aromatic heterocycles. The van der Waals surface area contributed by atoms with Crippen LogP contribution in [0.5, 0.6) is 0 Å². The molecule has 1 heterocycles. The van der Waals surface area contributed by atoms with Gasteiger partial charge in [-0.15, -0.1) is 0 Å². The molecule has 0 saturated heterocycles. The van der Waals surface area contributed by atoms with Gasteiger partial charge in [0.15, 0.2) is 0 Å². The molecule has 0 spiro atoms. The minimum absolute atomic E-state index is 0.718. The topological polar surface area (TPSA) is 51.8 Å². The Labute approximate surface area is 74.5 Å². The smallest absolute Gasteiger partial charge is 0.127 e. The van der Waals surface area contributed by atoms with Gasteiger partial charge >= 0.3 is 0 Å². The molecule has 0 bridgehead atoms. The van der Waals surface area contributed by atoms with Crippen LogP contribution in [0.15, 0.2) is 12.1 Å². The van der Waals surface area contributed by atoms with E-state index in [-0.39, 0.29) is 0 Å². The molecule has 0 radical (unpaired) electrons. The van der Waals surface area contributed by atoms with E-state index in [2.05, 4.69) is 15.7 Å². The van der Waals surface area contributed by atoms with Crippen molar-refractivity contribution in [3.05, 3.63) is 17.7 Å². The molecule has 0 aliphatic rings. The Morgan fingerprint density at radius 1 is 1.33 bits per heavy atom. The first-order valence-corrected chi connectivity index (χ1v) is 4.55. The summed E-state index contributed by atoms with van der Waals surface area (Å²) in [6.45, 7) is 2.10. The Bertz CT molecular complexity index is 408. The van der Waals surface area contributed by atoms with Crippen molar-refractivity contribution in [2.45, 2.75) is 13.3 Å². The molecule has 12 heavy (non-hydrogen) atoms. The lowest BCUT2D eigenvalue weighted by Gasteiger charge is -1.98. The Balaban J connectivity index is 2.82. The van der Waals surface area contributed by atoms with E-state index in [9.17, 15) is 0 Å². The summed E-state index contributed by atoms with van der Waals surface area (Å²) in [7, 11) is 0. The zero-order chi connectivity index (χ0) is 8.55. The number of benzene rings is 1. The molecule has 0 fully saturated rings. The third-order valence-corrected chi connectivity index (χ3v) is 2.44. The van der Waals surface area contributed by atoms with E-state index in [4.69, 9.17) is 5.73 Å². The van der Waals surface area contributed by atoms with Gasteiger partial charge in [0.2, 0.25) is 0 Å². The second kappa shape index (κ2) is 2.71. The van der Waals surface area contributed by atoms with Gasteiger partial charge in [0, 0.05) is 0 Å². The lowest BCUT2D eigenvalue weighted by molar-refractivity contribution is 1.15. The van der Waals surface area contributed by atoms with E-state index >= 15 is 0 Å². The molecule has 0 saturated carbocycles. The molecule has 0 aliphatic heterocycles. The highest BCUT2D eigenvalue weighted by atomic mass is 32.1. The summed E-state index contributed by atoms with van der Waals surface area (Å²) in [6, 6.07) is 3.90. The standard InChI is InChI=1S/C8H9N3S/c1-2-5-3-4-6(9)8-7(5)10-12-11-8/h3-4H,2,9H2,1H3. The van der Waals surface area contributed by atoms with E-state index in [1.165, 1.54) is 17.3 Å². The van der Waals surface area contributed by atoms with Crippen molar-refractivity contribution < 1.29 is 0 Å². The second-order valence-corrected chi connectivity index (χ2v) is 3.16. The molecule has 3 nitrogen and oxygen atoms in total. The molecule has 62 valence electrons. The highest BCUT2D eigenvalue weighted by molar-refractivity contribution is 7.00. The number of nitrogens with zero attached hydrogens (tertiary/aromatic N) is 2. The van der Waals surface area contributed by atoms with E-state index < -0.39 is 0 Å². The third kappa shape index (κ3) is 0.956. The van der Waals surface area contributed by atoms with Crippen molar-refractivity contribution in [1.29, 1.82) is 0 Å². The lowest BCUT2D eigenvalue weighted by atomic mass is 10.1. The monoisotopic (exact) mass is 179 g/mol. The van der Waals surface area contributed by atoms with Crippen LogP contribution in [0.2, 0.25) is 0 Å². The summed E-state index contributed by atoms with van der Waals surface area (Å²) in [6.07, 6.45) is 0.974. The second-order valence-electron chi connectivity index (χ2n) is 2.63. The average molecular weight is 179 g/mol. The predicted octanol–water partition coefficient (Wildman–Crippen LogP) is 1.84. The summed E-state index contributed by atoms with van der Waals surface area (Å²) < 4.78 is 8.33. The number of anilines is 1. The number of aryl methyl sites for hydroxylation is 1. The Morgan fingerprint density at radius 3 is 2.83 bits per heavy atom. The maximum atomic E-state index is 5.73. The normalized spacial score (nSPS) is 10.8. The number of hydrogen-bond acceptors (Lipinski definition) is 4. The molecule has 0 atom stereocenters. The molecule has 1 aromatic carbocycles. The maximum Gasteiger partial charge on any atom is 0.127 e. The van der Waals surface area contributed by atoms with Crippen molar-refractivity contribution in [2.24, 2.45) is 0 Å². The number of nitrogen functional groups attached to an aromatic ring is 1. The number of rotatable bonds is 1. The van der Waals surface area contributed by atoms with E-state index in [0.29, 0.717) is 0 Å². The predicted molar refractivity (Wildman–Crippen MR) is 51.2 cm³/mol. The van der Waals surface area contributed by atoms with Crippen LogP contribution in [0.1, 0.15) is 12.5 Å². The van der Waals surface area contributed by atoms with Crippen LogP contribution in [0.3, 0.4) is 0 Å². The largest absolute Gasteiger partial charge is 0.397 e. The van der Waals surface area contributed by atoms with Crippen LogP contribution >= 0.6 is 11.7 Å². The summed E-state index contributed by atoms with van der Waals surface area (Å²) in [5.74, 6) is 0.